The fourth-order valence-electron chi connectivity index (χ4n) is 3.03. The number of nitrogens with zero attached hydrogens (tertiary/aromatic N) is 4. The van der Waals surface area contributed by atoms with E-state index in [2.05, 4.69) is 30.2 Å². The number of H-pyrrole nitrogens is 1. The maximum atomic E-state index is 12.3. The van der Waals surface area contributed by atoms with Crippen LogP contribution in [0.1, 0.15) is 33.6 Å². The maximum absolute atomic E-state index is 12.3. The zero-order valence-corrected chi connectivity index (χ0v) is 17.6. The second-order valence-electron chi connectivity index (χ2n) is 8.11. The van der Waals surface area contributed by atoms with Crippen molar-refractivity contribution in [2.24, 2.45) is 5.92 Å². The van der Waals surface area contributed by atoms with E-state index < -0.39 is 12.2 Å². The lowest BCUT2D eigenvalue weighted by Gasteiger charge is -2.33. The first kappa shape index (κ1) is 22.5. The topological polar surface area (TPSA) is 114 Å². The average Bonchev–Trinajstić information content (AvgIpc) is 3.11. The largest absolute Gasteiger partial charge is 0.476 e. The SMILES string of the molecule is CC(C)(C)OC(=O)N1CCCC(COc2cncc(Nc3cc(OC(F)F)n[nH]3)n2)C1. The monoisotopic (exact) mass is 440 g/mol. The van der Waals surface area contributed by atoms with Crippen LogP contribution in [-0.4, -0.2) is 63.1 Å². The van der Waals surface area contributed by atoms with Crippen molar-refractivity contribution >= 4 is 17.7 Å². The molecule has 1 aliphatic heterocycles. The number of ether oxygens (including phenoxy) is 3. The first-order valence-corrected chi connectivity index (χ1v) is 9.88. The van der Waals surface area contributed by atoms with Crippen molar-refractivity contribution < 1.29 is 27.8 Å². The Morgan fingerprint density at radius 3 is 2.90 bits per heavy atom. The van der Waals surface area contributed by atoms with E-state index in [-0.39, 0.29) is 17.9 Å². The number of hydrogen-bond donors (Lipinski definition) is 2. The van der Waals surface area contributed by atoms with E-state index in [4.69, 9.17) is 9.47 Å². The Labute approximate surface area is 178 Å². The summed E-state index contributed by atoms with van der Waals surface area (Å²) in [5, 5.41) is 8.97. The molecule has 0 aliphatic carbocycles. The van der Waals surface area contributed by atoms with Gasteiger partial charge in [-0.15, -0.1) is 5.10 Å². The molecule has 0 radical (unpaired) electrons. The van der Waals surface area contributed by atoms with Crippen LogP contribution in [0.2, 0.25) is 0 Å². The number of halogens is 2. The molecule has 10 nitrogen and oxygen atoms in total. The van der Waals surface area contributed by atoms with Crippen LogP contribution in [-0.2, 0) is 4.74 Å². The summed E-state index contributed by atoms with van der Waals surface area (Å²) in [5.41, 5.74) is -0.537. The summed E-state index contributed by atoms with van der Waals surface area (Å²) in [6.45, 7) is 4.13. The quantitative estimate of drug-likeness (QED) is 0.672. The van der Waals surface area contributed by atoms with Crippen molar-refractivity contribution in [3.63, 3.8) is 0 Å². The molecule has 170 valence electrons. The highest BCUT2D eigenvalue weighted by Gasteiger charge is 2.28. The third kappa shape index (κ3) is 7.23. The van der Waals surface area contributed by atoms with Crippen LogP contribution >= 0.6 is 0 Å². The van der Waals surface area contributed by atoms with Crippen LogP contribution in [0.5, 0.6) is 11.8 Å². The molecule has 1 amide bonds. The molecule has 2 aromatic rings. The maximum Gasteiger partial charge on any atom is 0.410 e. The predicted octanol–water partition coefficient (Wildman–Crippen LogP) is 3.57. The van der Waals surface area contributed by atoms with Gasteiger partial charge in [0.05, 0.1) is 19.0 Å². The van der Waals surface area contributed by atoms with Gasteiger partial charge in [0.1, 0.15) is 11.4 Å². The molecule has 1 fully saturated rings. The van der Waals surface area contributed by atoms with Crippen LogP contribution in [0.4, 0.5) is 25.2 Å². The first-order valence-electron chi connectivity index (χ1n) is 9.88. The lowest BCUT2D eigenvalue weighted by atomic mass is 9.99. The number of amides is 1. The smallest absolute Gasteiger partial charge is 0.410 e. The van der Waals surface area contributed by atoms with Crippen molar-refractivity contribution in [2.75, 3.05) is 25.0 Å². The van der Waals surface area contributed by atoms with Gasteiger partial charge in [-0.25, -0.2) is 4.79 Å². The number of carbonyl (C=O) groups is 1. The van der Waals surface area contributed by atoms with E-state index in [0.717, 1.165) is 12.8 Å². The Kier molecular flexibility index (Phi) is 7.08. The number of nitrogens with one attached hydrogen (secondary N) is 2. The molecule has 1 atom stereocenters. The Morgan fingerprint density at radius 1 is 1.35 bits per heavy atom. The number of anilines is 2. The number of rotatable bonds is 7. The van der Waals surface area contributed by atoms with Gasteiger partial charge in [-0.05, 0) is 33.6 Å². The van der Waals surface area contributed by atoms with E-state index >= 15 is 0 Å². The molecule has 2 aromatic heterocycles. The second kappa shape index (κ2) is 9.75. The Bertz CT molecular complexity index is 873. The van der Waals surface area contributed by atoms with Crippen LogP contribution in [0.25, 0.3) is 0 Å². The minimum absolute atomic E-state index is 0.140. The van der Waals surface area contributed by atoms with Gasteiger partial charge < -0.3 is 24.4 Å². The fourth-order valence-corrected chi connectivity index (χ4v) is 3.03. The summed E-state index contributed by atoms with van der Waals surface area (Å²) in [5.74, 6) is 0.833. The Hall–Kier alpha value is -3.18. The molecule has 2 N–H and O–H groups in total. The zero-order valence-electron chi connectivity index (χ0n) is 17.6. The summed E-state index contributed by atoms with van der Waals surface area (Å²) in [6.07, 6.45) is 4.39. The van der Waals surface area contributed by atoms with Gasteiger partial charge in [0, 0.05) is 25.1 Å². The standard InChI is InChI=1S/C19H26F2N6O4/c1-19(2,3)31-18(28)27-6-4-5-12(10-27)11-29-16-9-22-8-14(24-16)23-13-7-15(26-25-13)30-17(20)21/h7-9,12,17H,4-6,10-11H2,1-3H3,(H2,23,24,25,26). The molecule has 31 heavy (non-hydrogen) atoms. The van der Waals surface area contributed by atoms with E-state index in [1.54, 1.807) is 4.90 Å². The lowest BCUT2D eigenvalue weighted by Crippen LogP contribution is -2.44. The Morgan fingerprint density at radius 2 is 2.16 bits per heavy atom. The van der Waals surface area contributed by atoms with Crippen molar-refractivity contribution in [1.82, 2.24) is 25.1 Å². The molecule has 0 spiro atoms. The van der Waals surface area contributed by atoms with Crippen LogP contribution in [0.3, 0.4) is 0 Å². The van der Waals surface area contributed by atoms with Crippen molar-refractivity contribution in [3.8, 4) is 11.8 Å². The van der Waals surface area contributed by atoms with E-state index in [9.17, 15) is 13.6 Å². The van der Waals surface area contributed by atoms with Gasteiger partial charge in [-0.3, -0.25) is 10.1 Å². The number of carbonyl (C=O) groups excluding carboxylic acids is 1. The molecule has 1 saturated heterocycles. The molecule has 3 heterocycles. The van der Waals surface area contributed by atoms with Gasteiger partial charge in [-0.1, -0.05) is 0 Å². The summed E-state index contributed by atoms with van der Waals surface area (Å²) in [6, 6.07) is 1.27. The van der Waals surface area contributed by atoms with Crippen molar-refractivity contribution in [2.45, 2.75) is 45.8 Å². The molecule has 12 heteroatoms. The number of likely N-dealkylation sites (tertiary alicyclic amines) is 1. The Balaban J connectivity index is 1.51. The molecular weight excluding hydrogens is 414 g/mol. The van der Waals surface area contributed by atoms with Crippen LogP contribution < -0.4 is 14.8 Å². The highest BCUT2D eigenvalue weighted by Crippen LogP contribution is 2.22. The van der Waals surface area contributed by atoms with E-state index in [1.807, 2.05) is 20.8 Å². The number of hydrogen-bond acceptors (Lipinski definition) is 8. The third-order valence-electron chi connectivity index (χ3n) is 4.28. The molecule has 0 bridgehead atoms. The average molecular weight is 440 g/mol. The molecule has 3 rings (SSSR count). The molecule has 0 aromatic carbocycles. The zero-order chi connectivity index (χ0) is 22.4. The minimum Gasteiger partial charge on any atom is -0.476 e. The first-order chi connectivity index (χ1) is 14.7. The van der Waals surface area contributed by atoms with Gasteiger partial charge in [0.15, 0.2) is 5.82 Å². The second-order valence-corrected chi connectivity index (χ2v) is 8.11. The van der Waals surface area contributed by atoms with Gasteiger partial charge >= 0.3 is 12.7 Å². The number of aromatic nitrogens is 4. The van der Waals surface area contributed by atoms with E-state index in [1.165, 1.54) is 18.5 Å². The highest BCUT2D eigenvalue weighted by molar-refractivity contribution is 5.68. The molecule has 1 unspecified atom stereocenters. The van der Waals surface area contributed by atoms with Gasteiger partial charge in [0.25, 0.3) is 0 Å². The fraction of sp³-hybridized carbons (Fsp3) is 0.579. The van der Waals surface area contributed by atoms with Gasteiger partial charge in [0.2, 0.25) is 11.8 Å². The summed E-state index contributed by atoms with van der Waals surface area (Å²) in [4.78, 5) is 22.3. The summed E-state index contributed by atoms with van der Waals surface area (Å²) < 4.78 is 39.9. The lowest BCUT2D eigenvalue weighted by molar-refractivity contribution is -0.0528. The molecule has 0 saturated carbocycles. The number of piperidine rings is 1. The van der Waals surface area contributed by atoms with E-state index in [0.29, 0.717) is 37.2 Å². The summed E-state index contributed by atoms with van der Waals surface area (Å²) in [7, 11) is 0. The van der Waals surface area contributed by atoms with Gasteiger partial charge in [-0.2, -0.15) is 13.8 Å². The molecular formula is C19H26F2N6O4. The summed E-state index contributed by atoms with van der Waals surface area (Å²) >= 11 is 0. The number of aromatic amines is 1. The van der Waals surface area contributed by atoms with Crippen molar-refractivity contribution in [3.05, 3.63) is 18.5 Å². The van der Waals surface area contributed by atoms with Crippen LogP contribution in [0.15, 0.2) is 18.5 Å². The van der Waals surface area contributed by atoms with Crippen LogP contribution in [0, 0.1) is 5.92 Å². The third-order valence-corrected chi connectivity index (χ3v) is 4.28. The predicted molar refractivity (Wildman–Crippen MR) is 107 cm³/mol. The normalized spacial score (nSPS) is 16.8. The van der Waals surface area contributed by atoms with Crippen molar-refractivity contribution in [1.29, 1.82) is 0 Å². The minimum atomic E-state index is -2.96. The molecule has 1 aliphatic rings. The highest BCUT2D eigenvalue weighted by atomic mass is 19.3. The number of alkyl halides is 2.